The van der Waals surface area contributed by atoms with Crippen molar-refractivity contribution in [3.8, 4) is 0 Å². The van der Waals surface area contributed by atoms with Crippen LogP contribution in [0.1, 0.15) is 77.6 Å². The van der Waals surface area contributed by atoms with E-state index in [1.165, 1.54) is 24.1 Å². The van der Waals surface area contributed by atoms with Gasteiger partial charge in [-0.3, -0.25) is 18.9 Å². The highest BCUT2D eigenvalue weighted by molar-refractivity contribution is 5.97. The molecule has 0 spiro atoms. The Bertz CT molecular complexity index is 1230. The Balaban J connectivity index is 0.000000778. The molecular formula is C26H37N3O3. The number of amides is 1. The van der Waals surface area contributed by atoms with Gasteiger partial charge in [-0.05, 0) is 66.0 Å². The molecule has 1 aliphatic carbocycles. The summed E-state index contributed by atoms with van der Waals surface area (Å²) in [5.41, 5.74) is 7.47. The number of carbonyl (C=O) groups excluding carboxylic acids is 1. The largest absolute Gasteiger partial charge is 0.349 e. The van der Waals surface area contributed by atoms with Crippen LogP contribution in [0.25, 0.3) is 22.2 Å². The first-order valence-corrected chi connectivity index (χ1v) is 11.6. The Morgan fingerprint density at radius 1 is 1.19 bits per heavy atom. The summed E-state index contributed by atoms with van der Waals surface area (Å²) in [6.45, 7) is 11.6. The van der Waals surface area contributed by atoms with Crippen LogP contribution in [0.15, 0.2) is 39.5 Å². The molecule has 1 atom stereocenters. The van der Waals surface area contributed by atoms with Crippen molar-refractivity contribution < 1.29 is 16.8 Å². The molecule has 0 aliphatic heterocycles. The summed E-state index contributed by atoms with van der Waals surface area (Å²) in [5.74, 6) is 0.512. The molecule has 1 unspecified atom stereocenters. The van der Waals surface area contributed by atoms with E-state index in [0.717, 1.165) is 35.0 Å². The average molecular weight is 440 g/mol. The highest BCUT2D eigenvalue weighted by Gasteiger charge is 2.29. The monoisotopic (exact) mass is 439 g/mol. The zero-order chi connectivity index (χ0) is 22.9. The van der Waals surface area contributed by atoms with Gasteiger partial charge in [0.1, 0.15) is 5.69 Å². The van der Waals surface area contributed by atoms with Crippen LogP contribution in [0.4, 0.5) is 0 Å². The summed E-state index contributed by atoms with van der Waals surface area (Å²) < 4.78 is 9.73. The Kier molecular flexibility index (Phi) is 6.13. The number of aryl methyl sites for hydroxylation is 1. The van der Waals surface area contributed by atoms with Gasteiger partial charge in [0, 0.05) is 15.1 Å². The lowest BCUT2D eigenvalue weighted by molar-refractivity contribution is 0.0588. The minimum absolute atomic E-state index is 0. The minimum atomic E-state index is -0.145. The Hall–Kier alpha value is -3.02. The molecule has 3 heterocycles. The van der Waals surface area contributed by atoms with Crippen LogP contribution in [-0.2, 0) is 19.4 Å². The number of pyridine rings is 1. The summed E-state index contributed by atoms with van der Waals surface area (Å²) >= 11 is 0. The topological polar surface area (TPSA) is 84.1 Å². The molecule has 2 N–H and O–H groups in total. The highest BCUT2D eigenvalue weighted by Crippen LogP contribution is 2.37. The number of H-pyrrole nitrogens is 1. The molecule has 0 saturated carbocycles. The van der Waals surface area contributed by atoms with Crippen LogP contribution in [0, 0.1) is 11.3 Å². The first-order chi connectivity index (χ1) is 15.3. The SMILES string of the molecule is CC(C)(C)C1CCc2nc3cc(C(=O)NCc4ccc5ooc5c4)[nH]c3cc2C1.CCC.[HH].[HH]. The van der Waals surface area contributed by atoms with Crippen LogP contribution < -0.4 is 5.32 Å². The van der Waals surface area contributed by atoms with Crippen LogP contribution >= 0.6 is 0 Å². The zero-order valence-corrected chi connectivity index (χ0v) is 19.7. The van der Waals surface area contributed by atoms with Crippen molar-refractivity contribution in [2.24, 2.45) is 11.3 Å². The average Bonchev–Trinajstić information content (AvgIpc) is 3.14. The van der Waals surface area contributed by atoms with Crippen LogP contribution in [0.3, 0.4) is 0 Å². The Morgan fingerprint density at radius 2 is 1.94 bits per heavy atom. The van der Waals surface area contributed by atoms with Crippen molar-refractivity contribution in [1.82, 2.24) is 15.3 Å². The van der Waals surface area contributed by atoms with E-state index in [-0.39, 0.29) is 8.76 Å². The lowest BCUT2D eigenvalue weighted by Gasteiger charge is -2.34. The fourth-order valence-corrected chi connectivity index (χ4v) is 4.20. The van der Waals surface area contributed by atoms with Crippen molar-refractivity contribution in [3.63, 3.8) is 0 Å². The van der Waals surface area contributed by atoms with Crippen molar-refractivity contribution in [2.45, 2.75) is 66.8 Å². The number of hydrogen-bond donors (Lipinski definition) is 2. The number of rotatable bonds is 3. The minimum Gasteiger partial charge on any atom is -0.349 e. The number of aromatic amines is 1. The van der Waals surface area contributed by atoms with Crippen molar-refractivity contribution >= 4 is 28.1 Å². The second-order valence-electron chi connectivity index (χ2n) is 9.85. The van der Waals surface area contributed by atoms with Crippen LogP contribution in [0.5, 0.6) is 0 Å². The van der Waals surface area contributed by atoms with Crippen molar-refractivity contribution in [1.29, 1.82) is 0 Å². The number of nitrogens with zero attached hydrogens (tertiary/aromatic N) is 1. The van der Waals surface area contributed by atoms with Gasteiger partial charge in [-0.1, -0.05) is 47.1 Å². The Morgan fingerprint density at radius 3 is 2.59 bits per heavy atom. The van der Waals surface area contributed by atoms with E-state index < -0.39 is 0 Å². The van der Waals surface area contributed by atoms with Gasteiger partial charge < -0.3 is 10.3 Å². The standard InChI is InChI=1S/C23H25N3O3.C3H8.2H2/c1-23(2,3)15-5-6-16-14(9-15)10-17-18(25-16)11-19(26-17)22(27)24-12-13-4-7-20-21(8-13)29-28-20;1-3-2;;/h4,7-8,10-11,15,26H,5-6,9,12H2,1-3H3,(H,24,27);3H2,1-2H3;2*1H. The predicted octanol–water partition coefficient (Wildman–Crippen LogP) is 6.89. The van der Waals surface area contributed by atoms with E-state index in [9.17, 15) is 4.79 Å². The van der Waals surface area contributed by atoms with Gasteiger partial charge >= 0.3 is 0 Å². The molecule has 0 fully saturated rings. The van der Waals surface area contributed by atoms with Gasteiger partial charge in [0.2, 0.25) is 11.2 Å². The smallest absolute Gasteiger partial charge is 0.268 e. The summed E-state index contributed by atoms with van der Waals surface area (Å²) in [4.78, 5) is 20.7. The molecule has 0 saturated heterocycles. The lowest BCUT2D eigenvalue weighted by Crippen LogP contribution is -2.27. The van der Waals surface area contributed by atoms with E-state index >= 15 is 0 Å². The maximum atomic E-state index is 12.6. The summed E-state index contributed by atoms with van der Waals surface area (Å²) in [6.07, 6.45) is 4.47. The fraction of sp³-hybridized carbons (Fsp3) is 0.462. The van der Waals surface area contributed by atoms with Crippen molar-refractivity contribution in [2.75, 3.05) is 0 Å². The van der Waals surface area contributed by atoms with E-state index in [2.05, 4.69) is 51.0 Å². The predicted molar refractivity (Wildman–Crippen MR) is 131 cm³/mol. The molecule has 1 amide bonds. The first-order valence-electron chi connectivity index (χ1n) is 11.6. The highest BCUT2D eigenvalue weighted by atomic mass is 17.0. The number of fused-ring (bicyclic) bond motifs is 3. The fourth-order valence-electron chi connectivity index (χ4n) is 4.20. The molecule has 0 radical (unpaired) electrons. The lowest BCUT2D eigenvalue weighted by atomic mass is 9.71. The van der Waals surface area contributed by atoms with E-state index in [1.807, 2.05) is 24.3 Å². The molecule has 4 aromatic rings. The first kappa shape index (κ1) is 22.2. The molecule has 6 heteroatoms. The molecular weight excluding hydrogens is 402 g/mol. The molecule has 32 heavy (non-hydrogen) atoms. The molecule has 5 rings (SSSR count). The normalized spacial score (nSPS) is 16.0. The number of benzene rings is 1. The maximum Gasteiger partial charge on any atom is 0.268 e. The zero-order valence-electron chi connectivity index (χ0n) is 19.7. The molecule has 1 aromatic carbocycles. The third-order valence-electron chi connectivity index (χ3n) is 6.12. The quantitative estimate of drug-likeness (QED) is 0.340. The van der Waals surface area contributed by atoms with Gasteiger partial charge in [0.15, 0.2) is 0 Å². The van der Waals surface area contributed by atoms with Crippen LogP contribution in [0.2, 0.25) is 0 Å². The van der Waals surface area contributed by atoms with Gasteiger partial charge in [-0.2, -0.15) is 0 Å². The summed E-state index contributed by atoms with van der Waals surface area (Å²) in [7, 11) is 0. The molecule has 1 aliphatic rings. The Labute approximate surface area is 191 Å². The second-order valence-corrected chi connectivity index (χ2v) is 9.85. The third-order valence-corrected chi connectivity index (χ3v) is 6.12. The maximum absolute atomic E-state index is 12.6. The van der Waals surface area contributed by atoms with Gasteiger partial charge in [0.05, 0.1) is 11.0 Å². The molecule has 3 aromatic heterocycles. The van der Waals surface area contributed by atoms with Crippen LogP contribution in [-0.4, -0.2) is 15.9 Å². The van der Waals surface area contributed by atoms with E-state index in [1.54, 1.807) is 0 Å². The van der Waals surface area contributed by atoms with E-state index in [4.69, 9.17) is 14.1 Å². The van der Waals surface area contributed by atoms with E-state index in [0.29, 0.717) is 29.2 Å². The van der Waals surface area contributed by atoms with Gasteiger partial charge in [0.25, 0.3) is 5.91 Å². The molecule has 174 valence electrons. The molecule has 6 nitrogen and oxygen atoms in total. The third kappa shape index (κ3) is 4.59. The molecule has 0 bridgehead atoms. The second kappa shape index (κ2) is 8.85. The van der Waals surface area contributed by atoms with Gasteiger partial charge in [-0.25, -0.2) is 0 Å². The number of aromatic nitrogens is 2. The van der Waals surface area contributed by atoms with Crippen molar-refractivity contribution in [3.05, 3.63) is 52.8 Å². The number of nitrogens with one attached hydrogen (secondary N) is 2. The summed E-state index contributed by atoms with van der Waals surface area (Å²) in [5, 5.41) is 2.95. The summed E-state index contributed by atoms with van der Waals surface area (Å²) in [6, 6.07) is 9.64. The number of carbonyl (C=O) groups is 1. The number of hydrogen-bond acceptors (Lipinski definition) is 4. The van der Waals surface area contributed by atoms with Gasteiger partial charge in [-0.15, -0.1) is 0 Å².